The summed E-state index contributed by atoms with van der Waals surface area (Å²) in [6.07, 6.45) is 1.56. The number of hydrogen-bond donors (Lipinski definition) is 3. The molecular weight excluding hydrogens is 244 g/mol. The highest BCUT2D eigenvalue weighted by molar-refractivity contribution is 5.48. The lowest BCUT2D eigenvalue weighted by Crippen LogP contribution is -2.35. The molecule has 1 aromatic rings. The minimum atomic E-state index is -0.182. The van der Waals surface area contributed by atoms with E-state index in [0.717, 1.165) is 18.1 Å². The second kappa shape index (κ2) is 7.25. The molecule has 1 atom stereocenters. The normalized spacial score (nSPS) is 13.9. The van der Waals surface area contributed by atoms with E-state index in [9.17, 15) is 0 Å². The van der Waals surface area contributed by atoms with Crippen LogP contribution in [0.1, 0.15) is 32.5 Å². The molecule has 0 spiro atoms. The van der Waals surface area contributed by atoms with Gasteiger partial charge in [-0.2, -0.15) is 0 Å². The average molecular weight is 268 g/mol. The van der Waals surface area contributed by atoms with E-state index in [0.29, 0.717) is 18.9 Å². The van der Waals surface area contributed by atoms with Gasteiger partial charge in [0.1, 0.15) is 18.2 Å². The highest BCUT2D eigenvalue weighted by atomic mass is 16.5. The fourth-order valence-electron chi connectivity index (χ4n) is 1.77. The molecule has 0 radical (unpaired) electrons. The summed E-state index contributed by atoms with van der Waals surface area (Å²) in [6.45, 7) is 4.67. The van der Waals surface area contributed by atoms with Gasteiger partial charge in [-0.15, -0.1) is 0 Å². The molecule has 0 fully saturated rings. The summed E-state index contributed by atoms with van der Waals surface area (Å²) in [5.74, 6) is 2.11. The third kappa shape index (κ3) is 4.65. The van der Waals surface area contributed by atoms with Gasteiger partial charge < -0.3 is 20.5 Å². The van der Waals surface area contributed by atoms with Crippen molar-refractivity contribution in [2.75, 3.05) is 31.4 Å². The Labute approximate surface area is 114 Å². The van der Waals surface area contributed by atoms with Crippen LogP contribution in [0.25, 0.3) is 0 Å². The standard InChI is InChI=1S/C13H24N4O2/c1-5-13(2,6-7-18)17-11-8-10(14-3)15-12(16-11)9-19-4/h8,18H,5-7,9H2,1-4H3,(H2,14,15,16,17). The number of methoxy groups -OCH3 is 1. The van der Waals surface area contributed by atoms with Gasteiger partial charge >= 0.3 is 0 Å². The lowest BCUT2D eigenvalue weighted by atomic mass is 9.95. The Bertz CT molecular complexity index is 400. The molecule has 6 nitrogen and oxygen atoms in total. The molecule has 0 saturated heterocycles. The molecular formula is C13H24N4O2. The van der Waals surface area contributed by atoms with Crippen LogP contribution in [-0.4, -0.2) is 41.4 Å². The van der Waals surface area contributed by atoms with E-state index >= 15 is 0 Å². The monoisotopic (exact) mass is 268 g/mol. The number of anilines is 2. The van der Waals surface area contributed by atoms with Crippen molar-refractivity contribution in [1.29, 1.82) is 0 Å². The smallest absolute Gasteiger partial charge is 0.158 e. The highest BCUT2D eigenvalue weighted by Gasteiger charge is 2.22. The molecule has 0 aromatic carbocycles. The van der Waals surface area contributed by atoms with Gasteiger partial charge in [0.15, 0.2) is 5.82 Å². The van der Waals surface area contributed by atoms with Crippen LogP contribution < -0.4 is 10.6 Å². The quantitative estimate of drug-likeness (QED) is 0.665. The second-order valence-corrected chi connectivity index (χ2v) is 4.75. The molecule has 0 bridgehead atoms. The zero-order chi connectivity index (χ0) is 14.3. The van der Waals surface area contributed by atoms with Gasteiger partial charge in [-0.25, -0.2) is 9.97 Å². The number of hydrogen-bond acceptors (Lipinski definition) is 6. The van der Waals surface area contributed by atoms with Crippen molar-refractivity contribution < 1.29 is 9.84 Å². The number of aromatic nitrogens is 2. The van der Waals surface area contributed by atoms with Gasteiger partial charge in [-0.3, -0.25) is 0 Å². The van der Waals surface area contributed by atoms with Crippen molar-refractivity contribution in [3.63, 3.8) is 0 Å². The predicted molar refractivity (Wildman–Crippen MR) is 76.3 cm³/mol. The first-order valence-corrected chi connectivity index (χ1v) is 6.50. The molecule has 1 unspecified atom stereocenters. The fourth-order valence-corrected chi connectivity index (χ4v) is 1.77. The molecule has 3 N–H and O–H groups in total. The number of nitrogens with one attached hydrogen (secondary N) is 2. The van der Waals surface area contributed by atoms with E-state index in [1.165, 1.54) is 0 Å². The maximum absolute atomic E-state index is 9.15. The van der Waals surface area contributed by atoms with Crippen molar-refractivity contribution >= 4 is 11.6 Å². The molecule has 19 heavy (non-hydrogen) atoms. The number of rotatable bonds is 8. The van der Waals surface area contributed by atoms with Crippen LogP contribution in [0.5, 0.6) is 0 Å². The molecule has 0 amide bonds. The Hall–Kier alpha value is -1.40. The molecule has 0 aliphatic heterocycles. The third-order valence-electron chi connectivity index (χ3n) is 3.18. The average Bonchev–Trinajstić information content (AvgIpc) is 2.39. The maximum Gasteiger partial charge on any atom is 0.158 e. The molecule has 1 heterocycles. The van der Waals surface area contributed by atoms with Gasteiger partial charge in [-0.1, -0.05) is 6.92 Å². The van der Waals surface area contributed by atoms with E-state index in [4.69, 9.17) is 9.84 Å². The van der Waals surface area contributed by atoms with Gasteiger partial charge in [-0.05, 0) is 19.8 Å². The lowest BCUT2D eigenvalue weighted by Gasteiger charge is -2.29. The summed E-state index contributed by atoms with van der Waals surface area (Å²) in [4.78, 5) is 8.72. The van der Waals surface area contributed by atoms with Crippen LogP contribution in [0.3, 0.4) is 0 Å². The molecule has 1 aromatic heterocycles. The van der Waals surface area contributed by atoms with Crippen molar-refractivity contribution in [3.8, 4) is 0 Å². The molecule has 0 saturated carbocycles. The zero-order valence-electron chi connectivity index (χ0n) is 12.2. The van der Waals surface area contributed by atoms with Crippen LogP contribution in [0, 0.1) is 0 Å². The number of ether oxygens (including phenoxy) is 1. The van der Waals surface area contributed by atoms with E-state index in [-0.39, 0.29) is 12.1 Å². The van der Waals surface area contributed by atoms with Gasteiger partial charge in [0.05, 0.1) is 0 Å². The summed E-state index contributed by atoms with van der Waals surface area (Å²) in [5.41, 5.74) is -0.182. The molecule has 6 heteroatoms. The lowest BCUT2D eigenvalue weighted by molar-refractivity contribution is 0.178. The van der Waals surface area contributed by atoms with Crippen LogP contribution in [-0.2, 0) is 11.3 Å². The van der Waals surface area contributed by atoms with Crippen LogP contribution in [0.15, 0.2) is 6.07 Å². The predicted octanol–water partition coefficient (Wildman–Crippen LogP) is 1.63. The fraction of sp³-hybridized carbons (Fsp3) is 0.692. The van der Waals surface area contributed by atoms with Gasteiger partial charge in [0, 0.05) is 32.4 Å². The largest absolute Gasteiger partial charge is 0.396 e. The van der Waals surface area contributed by atoms with Gasteiger partial charge in [0.25, 0.3) is 0 Å². The van der Waals surface area contributed by atoms with Crippen LogP contribution in [0.4, 0.5) is 11.6 Å². The third-order valence-corrected chi connectivity index (χ3v) is 3.18. The minimum absolute atomic E-state index is 0.145. The SMILES string of the molecule is CCC(C)(CCO)Nc1cc(NC)nc(COC)n1. The van der Waals surface area contributed by atoms with Crippen molar-refractivity contribution in [3.05, 3.63) is 11.9 Å². The van der Waals surface area contributed by atoms with E-state index in [2.05, 4.69) is 34.4 Å². The van der Waals surface area contributed by atoms with Crippen LogP contribution >= 0.6 is 0 Å². The maximum atomic E-state index is 9.15. The highest BCUT2D eigenvalue weighted by Crippen LogP contribution is 2.22. The van der Waals surface area contributed by atoms with Crippen molar-refractivity contribution in [2.24, 2.45) is 0 Å². The summed E-state index contributed by atoms with van der Waals surface area (Å²) in [6, 6.07) is 1.85. The van der Waals surface area contributed by atoms with Gasteiger partial charge in [0.2, 0.25) is 0 Å². The first-order chi connectivity index (χ1) is 9.06. The first-order valence-electron chi connectivity index (χ1n) is 6.50. The Morgan fingerprint density at radius 3 is 2.58 bits per heavy atom. The summed E-state index contributed by atoms with van der Waals surface area (Å²) in [5, 5.41) is 15.5. The van der Waals surface area contributed by atoms with Crippen molar-refractivity contribution in [1.82, 2.24) is 9.97 Å². The molecule has 1 rings (SSSR count). The van der Waals surface area contributed by atoms with Crippen LogP contribution in [0.2, 0.25) is 0 Å². The Morgan fingerprint density at radius 2 is 2.05 bits per heavy atom. The molecule has 0 aliphatic rings. The number of nitrogens with zero attached hydrogens (tertiary/aromatic N) is 2. The van der Waals surface area contributed by atoms with Crippen molar-refractivity contribution in [2.45, 2.75) is 38.8 Å². The molecule has 0 aliphatic carbocycles. The summed E-state index contributed by atoms with van der Waals surface area (Å²) in [7, 11) is 3.43. The van der Waals surface area contributed by atoms with E-state index in [1.54, 1.807) is 7.11 Å². The number of aliphatic hydroxyl groups excluding tert-OH is 1. The second-order valence-electron chi connectivity index (χ2n) is 4.75. The minimum Gasteiger partial charge on any atom is -0.396 e. The molecule has 108 valence electrons. The Kier molecular flexibility index (Phi) is 5.98. The topological polar surface area (TPSA) is 79.3 Å². The summed E-state index contributed by atoms with van der Waals surface area (Å²) >= 11 is 0. The Morgan fingerprint density at radius 1 is 1.37 bits per heavy atom. The zero-order valence-corrected chi connectivity index (χ0v) is 12.2. The summed E-state index contributed by atoms with van der Waals surface area (Å²) < 4.78 is 5.07. The first kappa shape index (κ1) is 15.7. The number of aliphatic hydroxyl groups is 1. The van der Waals surface area contributed by atoms with E-state index in [1.807, 2.05) is 13.1 Å². The Balaban J connectivity index is 2.95. The van der Waals surface area contributed by atoms with E-state index < -0.39 is 0 Å².